The number of rotatable bonds is 8. The Labute approximate surface area is 165 Å². The van der Waals surface area contributed by atoms with Crippen molar-refractivity contribution in [1.29, 1.82) is 0 Å². The lowest BCUT2D eigenvalue weighted by Crippen LogP contribution is -2.28. The van der Waals surface area contributed by atoms with E-state index in [1.807, 2.05) is 31.3 Å². The van der Waals surface area contributed by atoms with Gasteiger partial charge in [0.2, 0.25) is 5.91 Å². The van der Waals surface area contributed by atoms with Crippen LogP contribution >= 0.6 is 0 Å². The molecule has 0 spiro atoms. The second kappa shape index (κ2) is 9.02. The molecule has 3 aromatic rings. The molecule has 4 nitrogen and oxygen atoms in total. The van der Waals surface area contributed by atoms with Crippen molar-refractivity contribution in [3.63, 3.8) is 0 Å². The van der Waals surface area contributed by atoms with Crippen LogP contribution in [-0.4, -0.2) is 31.2 Å². The molecule has 1 aromatic heterocycles. The van der Waals surface area contributed by atoms with E-state index in [4.69, 9.17) is 4.74 Å². The highest BCUT2D eigenvalue weighted by Crippen LogP contribution is 2.36. The van der Waals surface area contributed by atoms with E-state index in [-0.39, 0.29) is 24.1 Å². The van der Waals surface area contributed by atoms with Crippen LogP contribution in [0.15, 0.2) is 42.6 Å². The highest BCUT2D eigenvalue weighted by atomic mass is 19.1. The van der Waals surface area contributed by atoms with Gasteiger partial charge in [0.05, 0.1) is 6.61 Å². The zero-order chi connectivity index (χ0) is 20.1. The van der Waals surface area contributed by atoms with Gasteiger partial charge in [-0.3, -0.25) is 4.79 Å². The quantitative estimate of drug-likeness (QED) is 0.565. The second-order valence-electron chi connectivity index (χ2n) is 7.06. The summed E-state index contributed by atoms with van der Waals surface area (Å²) in [5.74, 6) is -0.784. The van der Waals surface area contributed by atoms with E-state index >= 15 is 0 Å². The van der Waals surface area contributed by atoms with Crippen molar-refractivity contribution >= 4 is 16.8 Å². The lowest BCUT2D eigenvalue weighted by molar-refractivity contribution is -0.121. The maximum absolute atomic E-state index is 14.8. The molecule has 3 rings (SSSR count). The average Bonchev–Trinajstić information content (AvgIpc) is 3.12. The minimum Gasteiger partial charge on any atom is -0.383 e. The van der Waals surface area contributed by atoms with Gasteiger partial charge in [-0.05, 0) is 36.1 Å². The number of fused-ring (bicyclic) bond motifs is 1. The first-order valence-corrected chi connectivity index (χ1v) is 9.65. The molecule has 28 heavy (non-hydrogen) atoms. The summed E-state index contributed by atoms with van der Waals surface area (Å²) in [4.78, 5) is 15.9. The number of aryl methyl sites for hydroxylation is 2. The zero-order valence-electron chi connectivity index (χ0n) is 16.6. The number of aromatic nitrogens is 1. The van der Waals surface area contributed by atoms with Crippen LogP contribution in [0.5, 0.6) is 0 Å². The van der Waals surface area contributed by atoms with Crippen molar-refractivity contribution in [2.45, 2.75) is 32.6 Å². The fraction of sp³-hybridized carbons (Fsp3) is 0.348. The molecule has 1 amide bonds. The first-order valence-electron chi connectivity index (χ1n) is 9.65. The molecule has 0 bridgehead atoms. The number of hydrogen-bond donors (Lipinski definition) is 2. The number of methoxy groups -OCH3 is 1. The summed E-state index contributed by atoms with van der Waals surface area (Å²) in [6.07, 6.45) is 2.99. The Kier molecular flexibility index (Phi) is 6.47. The van der Waals surface area contributed by atoms with Crippen molar-refractivity contribution < 1.29 is 13.9 Å². The summed E-state index contributed by atoms with van der Waals surface area (Å²) in [6, 6.07) is 11.2. The van der Waals surface area contributed by atoms with E-state index in [0.29, 0.717) is 18.7 Å². The number of aromatic amines is 1. The molecule has 0 unspecified atom stereocenters. The topological polar surface area (TPSA) is 54.1 Å². The predicted octanol–water partition coefficient (Wildman–Crippen LogP) is 4.46. The van der Waals surface area contributed by atoms with Gasteiger partial charge in [-0.15, -0.1) is 0 Å². The van der Waals surface area contributed by atoms with Crippen LogP contribution in [0.4, 0.5) is 4.39 Å². The molecule has 0 fully saturated rings. The minimum atomic E-state index is -0.372. The van der Waals surface area contributed by atoms with E-state index < -0.39 is 0 Å². The lowest BCUT2D eigenvalue weighted by atomic mass is 9.86. The SMILES string of the molecule is CCc1cccc2c([C@@H](CC(=O)NCCOC)c3cc(C)ccc3F)c[nH]c12. The average molecular weight is 382 g/mol. The Morgan fingerprint density at radius 2 is 2.07 bits per heavy atom. The van der Waals surface area contributed by atoms with Gasteiger partial charge < -0.3 is 15.0 Å². The summed E-state index contributed by atoms with van der Waals surface area (Å²) in [5, 5.41) is 3.89. The molecule has 5 heteroatoms. The number of hydrogen-bond acceptors (Lipinski definition) is 2. The molecule has 148 valence electrons. The predicted molar refractivity (Wildman–Crippen MR) is 110 cm³/mol. The van der Waals surface area contributed by atoms with Crippen molar-refractivity contribution in [3.8, 4) is 0 Å². The van der Waals surface area contributed by atoms with Gasteiger partial charge in [-0.2, -0.15) is 0 Å². The first kappa shape index (κ1) is 20.1. The summed E-state index contributed by atoms with van der Waals surface area (Å²) >= 11 is 0. The Bertz CT molecular complexity index is 964. The van der Waals surface area contributed by atoms with Gasteiger partial charge in [-0.1, -0.05) is 42.8 Å². The molecule has 1 heterocycles. The molecule has 2 aromatic carbocycles. The summed E-state index contributed by atoms with van der Waals surface area (Å²) in [7, 11) is 1.59. The largest absolute Gasteiger partial charge is 0.383 e. The number of H-pyrrole nitrogens is 1. The smallest absolute Gasteiger partial charge is 0.221 e. The maximum atomic E-state index is 14.8. The Balaban J connectivity index is 2.04. The van der Waals surface area contributed by atoms with Gasteiger partial charge >= 0.3 is 0 Å². The standard InChI is InChI=1S/C23H27FN2O2/c1-4-16-6-5-7-17-20(14-26-23(16)17)18(13-22(27)25-10-11-28-3)19-12-15(2)8-9-21(19)24/h5-9,12,14,18,26H,4,10-11,13H2,1-3H3,(H,25,27)/t18-/m0/s1. The summed E-state index contributed by atoms with van der Waals surface area (Å²) in [5.41, 5.74) is 4.71. The fourth-order valence-electron chi connectivity index (χ4n) is 3.69. The molecule has 0 aliphatic carbocycles. The van der Waals surface area contributed by atoms with Gasteiger partial charge in [0.25, 0.3) is 0 Å². The van der Waals surface area contributed by atoms with Gasteiger partial charge in [0, 0.05) is 43.1 Å². The summed E-state index contributed by atoms with van der Waals surface area (Å²) in [6.45, 7) is 4.92. The van der Waals surface area contributed by atoms with E-state index in [2.05, 4.69) is 23.3 Å². The Morgan fingerprint density at radius 3 is 2.82 bits per heavy atom. The molecular formula is C23H27FN2O2. The highest BCUT2D eigenvalue weighted by Gasteiger charge is 2.24. The second-order valence-corrected chi connectivity index (χ2v) is 7.06. The van der Waals surface area contributed by atoms with Gasteiger partial charge in [0.15, 0.2) is 0 Å². The van der Waals surface area contributed by atoms with E-state index in [1.165, 1.54) is 11.6 Å². The normalized spacial score (nSPS) is 12.3. The molecule has 0 aliphatic rings. The number of nitrogens with one attached hydrogen (secondary N) is 2. The molecule has 0 saturated heterocycles. The van der Waals surface area contributed by atoms with E-state index in [1.54, 1.807) is 13.2 Å². The Morgan fingerprint density at radius 1 is 1.25 bits per heavy atom. The highest BCUT2D eigenvalue weighted by molar-refractivity contribution is 5.88. The summed E-state index contributed by atoms with van der Waals surface area (Å²) < 4.78 is 19.7. The van der Waals surface area contributed by atoms with Crippen molar-refractivity contribution in [3.05, 3.63) is 70.7 Å². The van der Waals surface area contributed by atoms with Crippen molar-refractivity contribution in [2.75, 3.05) is 20.3 Å². The minimum absolute atomic E-state index is 0.121. The third kappa shape index (κ3) is 4.25. The number of para-hydroxylation sites is 1. The third-order valence-electron chi connectivity index (χ3n) is 5.13. The van der Waals surface area contributed by atoms with Gasteiger partial charge in [0.1, 0.15) is 5.82 Å². The zero-order valence-corrected chi connectivity index (χ0v) is 16.6. The van der Waals surface area contributed by atoms with Crippen LogP contribution in [-0.2, 0) is 16.0 Å². The number of carbonyl (C=O) groups excluding carboxylic acids is 1. The van der Waals surface area contributed by atoms with E-state index in [0.717, 1.165) is 28.5 Å². The molecule has 2 N–H and O–H groups in total. The third-order valence-corrected chi connectivity index (χ3v) is 5.13. The van der Waals surface area contributed by atoms with Crippen LogP contribution in [0.1, 0.15) is 41.5 Å². The van der Waals surface area contributed by atoms with Crippen LogP contribution < -0.4 is 5.32 Å². The number of carbonyl (C=O) groups is 1. The van der Waals surface area contributed by atoms with E-state index in [9.17, 15) is 9.18 Å². The van der Waals surface area contributed by atoms with Crippen molar-refractivity contribution in [1.82, 2.24) is 10.3 Å². The lowest BCUT2D eigenvalue weighted by Gasteiger charge is -2.19. The molecular weight excluding hydrogens is 355 g/mol. The van der Waals surface area contributed by atoms with Gasteiger partial charge in [-0.25, -0.2) is 4.39 Å². The fourth-order valence-corrected chi connectivity index (χ4v) is 3.69. The molecule has 0 saturated carbocycles. The number of ether oxygens (including phenoxy) is 1. The molecule has 1 atom stereocenters. The number of amides is 1. The van der Waals surface area contributed by atoms with Crippen LogP contribution in [0.2, 0.25) is 0 Å². The van der Waals surface area contributed by atoms with Crippen LogP contribution in [0.25, 0.3) is 10.9 Å². The maximum Gasteiger partial charge on any atom is 0.221 e. The molecule has 0 aliphatic heterocycles. The van der Waals surface area contributed by atoms with Crippen LogP contribution in [0, 0.1) is 12.7 Å². The van der Waals surface area contributed by atoms with Crippen molar-refractivity contribution in [2.24, 2.45) is 0 Å². The monoisotopic (exact) mass is 382 g/mol. The number of halogens is 1. The molecule has 0 radical (unpaired) electrons. The first-order chi connectivity index (χ1) is 13.5. The Hall–Kier alpha value is -2.66. The van der Waals surface area contributed by atoms with Crippen LogP contribution in [0.3, 0.4) is 0 Å². The number of benzene rings is 2.